The highest BCUT2D eigenvalue weighted by Gasteiger charge is 2.43. The van der Waals surface area contributed by atoms with E-state index in [1.165, 1.54) is 10.4 Å². The highest BCUT2D eigenvalue weighted by atomic mass is 32.1. The molecule has 3 aromatic heterocycles. The molecule has 5 heteroatoms. The van der Waals surface area contributed by atoms with E-state index in [9.17, 15) is 9.90 Å². The van der Waals surface area contributed by atoms with Crippen LogP contribution in [0.15, 0.2) is 44.2 Å². The molecule has 142 valence electrons. The highest BCUT2D eigenvalue weighted by molar-refractivity contribution is 7.12. The van der Waals surface area contributed by atoms with Crippen molar-refractivity contribution in [2.75, 3.05) is 0 Å². The van der Waals surface area contributed by atoms with Gasteiger partial charge in [0, 0.05) is 28.2 Å². The minimum Gasteiger partial charge on any atom is -0.507 e. The van der Waals surface area contributed by atoms with Gasteiger partial charge in [0.15, 0.2) is 0 Å². The third-order valence-corrected chi connectivity index (χ3v) is 7.39. The molecule has 0 saturated heterocycles. The van der Waals surface area contributed by atoms with Crippen molar-refractivity contribution in [3.8, 4) is 5.75 Å². The summed E-state index contributed by atoms with van der Waals surface area (Å²) in [5.41, 5.74) is 1.53. The number of aryl methyl sites for hydroxylation is 1. The van der Waals surface area contributed by atoms with Crippen molar-refractivity contribution in [3.63, 3.8) is 0 Å². The summed E-state index contributed by atoms with van der Waals surface area (Å²) in [6.07, 6.45) is 4.75. The molecule has 3 aromatic rings. The number of hydrogen-bond donors (Lipinski definition) is 1. The molecule has 0 spiro atoms. The Morgan fingerprint density at radius 2 is 2.07 bits per heavy atom. The Kier molecular flexibility index (Phi) is 4.99. The van der Waals surface area contributed by atoms with Crippen LogP contribution < -0.4 is 5.63 Å². The predicted molar refractivity (Wildman–Crippen MR) is 111 cm³/mol. The van der Waals surface area contributed by atoms with Crippen molar-refractivity contribution in [1.29, 1.82) is 0 Å². The first-order chi connectivity index (χ1) is 13.0. The number of hydrogen-bond acceptors (Lipinski definition) is 5. The van der Waals surface area contributed by atoms with Crippen LogP contribution in [0.1, 0.15) is 58.7 Å². The molecule has 3 nitrogen and oxygen atoms in total. The average Bonchev–Trinajstić information content (AvgIpc) is 2.99. The Morgan fingerprint density at radius 1 is 1.26 bits per heavy atom. The van der Waals surface area contributed by atoms with Gasteiger partial charge in [0.05, 0.1) is 5.56 Å². The first-order valence-electron chi connectivity index (χ1n) is 9.43. The second kappa shape index (κ2) is 7.28. The fourth-order valence-electron chi connectivity index (χ4n) is 3.92. The summed E-state index contributed by atoms with van der Waals surface area (Å²) in [6.45, 7) is 4.08. The Labute approximate surface area is 167 Å². The molecule has 3 heterocycles. The van der Waals surface area contributed by atoms with Crippen LogP contribution in [-0.4, -0.2) is 5.11 Å². The van der Waals surface area contributed by atoms with E-state index in [0.29, 0.717) is 17.7 Å². The average molecular weight is 401 g/mol. The summed E-state index contributed by atoms with van der Waals surface area (Å²) in [6, 6.07) is 7.93. The van der Waals surface area contributed by atoms with Gasteiger partial charge in [0.2, 0.25) is 0 Å². The fraction of sp³-hybridized carbons (Fsp3) is 0.409. The van der Waals surface area contributed by atoms with E-state index in [0.717, 1.165) is 30.6 Å². The minimum atomic E-state index is -0.394. The maximum absolute atomic E-state index is 12.7. The molecule has 0 amide bonds. The monoisotopic (exact) mass is 400 g/mol. The Hall–Kier alpha value is -1.85. The van der Waals surface area contributed by atoms with Gasteiger partial charge >= 0.3 is 5.63 Å². The molecule has 1 atom stereocenters. The second-order valence-electron chi connectivity index (χ2n) is 7.69. The van der Waals surface area contributed by atoms with Gasteiger partial charge in [0.25, 0.3) is 0 Å². The molecule has 1 N–H and O–H groups in total. The third-order valence-electron chi connectivity index (χ3n) is 5.54. The van der Waals surface area contributed by atoms with Crippen LogP contribution in [0.4, 0.5) is 0 Å². The molecule has 1 aliphatic carbocycles. The van der Waals surface area contributed by atoms with Crippen LogP contribution in [0.2, 0.25) is 0 Å². The highest BCUT2D eigenvalue weighted by Crippen LogP contribution is 2.51. The number of thiophene rings is 2. The van der Waals surface area contributed by atoms with Crippen molar-refractivity contribution in [2.45, 2.75) is 51.9 Å². The molecule has 1 unspecified atom stereocenters. The molecule has 1 aliphatic rings. The predicted octanol–water partition coefficient (Wildman–Crippen LogP) is 5.88. The Balaban J connectivity index is 1.59. The van der Waals surface area contributed by atoms with Gasteiger partial charge in [-0.25, -0.2) is 4.79 Å². The summed E-state index contributed by atoms with van der Waals surface area (Å²) in [5.74, 6) is 0.561. The molecule has 0 radical (unpaired) electrons. The zero-order valence-electron chi connectivity index (χ0n) is 15.7. The van der Waals surface area contributed by atoms with Gasteiger partial charge in [-0.05, 0) is 72.5 Å². The molecular formula is C22H24O3S2. The van der Waals surface area contributed by atoms with Crippen molar-refractivity contribution in [3.05, 3.63) is 72.1 Å². The third kappa shape index (κ3) is 3.90. The van der Waals surface area contributed by atoms with E-state index >= 15 is 0 Å². The number of aromatic hydroxyl groups is 1. The zero-order valence-corrected chi connectivity index (χ0v) is 17.3. The molecule has 1 saturated carbocycles. The first kappa shape index (κ1) is 18.5. The largest absolute Gasteiger partial charge is 0.507 e. The summed E-state index contributed by atoms with van der Waals surface area (Å²) in [7, 11) is 0. The number of rotatable bonds is 7. The van der Waals surface area contributed by atoms with E-state index in [1.807, 2.05) is 13.0 Å². The Bertz CT molecular complexity index is 977. The lowest BCUT2D eigenvalue weighted by atomic mass is 9.92. The SMILES string of the molecule is CCC(c1ccc(C)s1)c1c(O)cc(CC2(Cc3ccsc3)CC2)oc1=O. The summed E-state index contributed by atoms with van der Waals surface area (Å²) in [5, 5.41) is 14.9. The lowest BCUT2D eigenvalue weighted by Gasteiger charge is -2.17. The summed E-state index contributed by atoms with van der Waals surface area (Å²) in [4.78, 5) is 15.0. The van der Waals surface area contributed by atoms with E-state index in [-0.39, 0.29) is 17.1 Å². The second-order valence-corrected chi connectivity index (χ2v) is 9.79. The maximum Gasteiger partial charge on any atom is 0.343 e. The van der Waals surface area contributed by atoms with Crippen molar-refractivity contribution < 1.29 is 9.52 Å². The molecular weight excluding hydrogens is 376 g/mol. The standard InChI is InChI=1S/C22H24O3S2/c1-3-17(19-5-4-14(2)27-19)20-18(23)10-16(25-21(20)24)12-22(7-8-22)11-15-6-9-26-13-15/h4-6,9-10,13,17,23H,3,7-8,11-12H2,1-2H3. The lowest BCUT2D eigenvalue weighted by molar-refractivity contribution is 0.373. The molecule has 0 aromatic carbocycles. The molecule has 0 bridgehead atoms. The van der Waals surface area contributed by atoms with Crippen LogP contribution >= 0.6 is 22.7 Å². The van der Waals surface area contributed by atoms with Crippen molar-refractivity contribution in [1.82, 2.24) is 0 Å². The van der Waals surface area contributed by atoms with Crippen LogP contribution in [0.5, 0.6) is 5.75 Å². The van der Waals surface area contributed by atoms with Gasteiger partial charge in [-0.1, -0.05) is 6.92 Å². The van der Waals surface area contributed by atoms with E-state index in [2.05, 4.69) is 29.8 Å². The molecule has 1 fully saturated rings. The quantitative estimate of drug-likeness (QED) is 0.538. The topological polar surface area (TPSA) is 50.4 Å². The normalized spacial score (nSPS) is 16.4. The minimum absolute atomic E-state index is 0.0745. The molecule has 4 rings (SSSR count). The van der Waals surface area contributed by atoms with Crippen LogP contribution in [0.3, 0.4) is 0 Å². The molecule has 27 heavy (non-hydrogen) atoms. The van der Waals surface area contributed by atoms with Crippen LogP contribution in [0.25, 0.3) is 0 Å². The first-order valence-corrected chi connectivity index (χ1v) is 11.2. The fourth-order valence-corrected chi connectivity index (χ4v) is 5.66. The summed E-state index contributed by atoms with van der Waals surface area (Å²) < 4.78 is 5.69. The smallest absolute Gasteiger partial charge is 0.343 e. The van der Waals surface area contributed by atoms with Crippen LogP contribution in [0, 0.1) is 12.3 Å². The van der Waals surface area contributed by atoms with Crippen molar-refractivity contribution in [2.24, 2.45) is 5.41 Å². The zero-order chi connectivity index (χ0) is 19.0. The van der Waals surface area contributed by atoms with Crippen molar-refractivity contribution >= 4 is 22.7 Å². The molecule has 0 aliphatic heterocycles. The maximum atomic E-state index is 12.7. The van der Waals surface area contributed by atoms with E-state index in [4.69, 9.17) is 4.42 Å². The summed E-state index contributed by atoms with van der Waals surface area (Å²) >= 11 is 3.38. The van der Waals surface area contributed by atoms with E-state index in [1.54, 1.807) is 28.7 Å². The van der Waals surface area contributed by atoms with Crippen LogP contribution in [-0.2, 0) is 12.8 Å². The van der Waals surface area contributed by atoms with Gasteiger partial charge in [-0.3, -0.25) is 0 Å². The van der Waals surface area contributed by atoms with Gasteiger partial charge in [0.1, 0.15) is 11.5 Å². The van der Waals surface area contributed by atoms with Gasteiger partial charge in [-0.15, -0.1) is 11.3 Å². The lowest BCUT2D eigenvalue weighted by Crippen LogP contribution is -2.16. The van der Waals surface area contributed by atoms with Gasteiger partial charge in [-0.2, -0.15) is 11.3 Å². The van der Waals surface area contributed by atoms with E-state index < -0.39 is 5.63 Å². The Morgan fingerprint density at radius 3 is 2.63 bits per heavy atom. The van der Waals surface area contributed by atoms with Gasteiger partial charge < -0.3 is 9.52 Å².